The Hall–Kier alpha value is -1.62. The van der Waals surface area contributed by atoms with Crippen molar-refractivity contribution in [1.82, 2.24) is 10.2 Å². The predicted octanol–water partition coefficient (Wildman–Crippen LogP) is 3.24. The molecular weight excluding hydrogens is 283 g/mol. The average Bonchev–Trinajstić information content (AvgIpc) is 2.56. The van der Waals surface area contributed by atoms with Crippen molar-refractivity contribution in [3.05, 3.63) is 35.6 Å². The number of nitrogens with zero attached hydrogens (tertiary/aromatic N) is 1. The SMILES string of the molecule is O=C(NC1CCCCC1)N1CCOC(c2ccc(F)cc2)C1. The van der Waals surface area contributed by atoms with E-state index in [9.17, 15) is 9.18 Å². The second kappa shape index (κ2) is 7.09. The zero-order valence-electron chi connectivity index (χ0n) is 12.8. The van der Waals surface area contributed by atoms with Gasteiger partial charge in [0.1, 0.15) is 11.9 Å². The maximum Gasteiger partial charge on any atom is 0.317 e. The monoisotopic (exact) mass is 306 g/mol. The highest BCUT2D eigenvalue weighted by Gasteiger charge is 2.27. The summed E-state index contributed by atoms with van der Waals surface area (Å²) in [4.78, 5) is 14.2. The molecule has 1 N–H and O–H groups in total. The summed E-state index contributed by atoms with van der Waals surface area (Å²) in [6.45, 7) is 1.64. The Morgan fingerprint density at radius 2 is 1.91 bits per heavy atom. The lowest BCUT2D eigenvalue weighted by atomic mass is 9.96. The van der Waals surface area contributed by atoms with Crippen molar-refractivity contribution in [2.24, 2.45) is 0 Å². The Morgan fingerprint density at radius 1 is 1.18 bits per heavy atom. The number of urea groups is 1. The van der Waals surface area contributed by atoms with Crippen LogP contribution >= 0.6 is 0 Å². The van der Waals surface area contributed by atoms with E-state index in [1.165, 1.54) is 31.4 Å². The van der Waals surface area contributed by atoms with Crippen molar-refractivity contribution in [2.45, 2.75) is 44.2 Å². The maximum absolute atomic E-state index is 13.0. The molecular formula is C17H23FN2O2. The highest BCUT2D eigenvalue weighted by molar-refractivity contribution is 5.74. The second-order valence-corrected chi connectivity index (χ2v) is 6.14. The fraction of sp³-hybridized carbons (Fsp3) is 0.588. The number of morpholine rings is 1. The Bertz CT molecular complexity index is 500. The van der Waals surface area contributed by atoms with Gasteiger partial charge in [-0.15, -0.1) is 0 Å². The van der Waals surface area contributed by atoms with E-state index in [0.717, 1.165) is 18.4 Å². The summed E-state index contributed by atoms with van der Waals surface area (Å²) in [5, 5.41) is 3.14. The van der Waals surface area contributed by atoms with Crippen LogP contribution in [0.2, 0.25) is 0 Å². The third-order valence-corrected chi connectivity index (χ3v) is 4.53. The first-order valence-corrected chi connectivity index (χ1v) is 8.15. The van der Waals surface area contributed by atoms with Gasteiger partial charge in [-0.3, -0.25) is 0 Å². The molecule has 2 fully saturated rings. The molecule has 1 aromatic rings. The van der Waals surface area contributed by atoms with Gasteiger partial charge in [-0.05, 0) is 30.5 Å². The molecule has 3 rings (SSSR count). The molecule has 0 aromatic heterocycles. The minimum Gasteiger partial charge on any atom is -0.370 e. The Morgan fingerprint density at radius 3 is 2.64 bits per heavy atom. The number of hydrogen-bond acceptors (Lipinski definition) is 2. The average molecular weight is 306 g/mol. The van der Waals surface area contributed by atoms with Gasteiger partial charge in [0.25, 0.3) is 0 Å². The third-order valence-electron chi connectivity index (χ3n) is 4.53. The number of ether oxygens (including phenoxy) is 1. The molecule has 5 heteroatoms. The summed E-state index contributed by atoms with van der Waals surface area (Å²) in [7, 11) is 0. The topological polar surface area (TPSA) is 41.6 Å². The number of benzene rings is 1. The van der Waals surface area contributed by atoms with Gasteiger partial charge in [0.05, 0.1) is 13.2 Å². The van der Waals surface area contributed by atoms with E-state index in [1.807, 2.05) is 4.90 Å². The first-order valence-electron chi connectivity index (χ1n) is 8.15. The second-order valence-electron chi connectivity index (χ2n) is 6.14. The molecule has 2 aliphatic rings. The molecule has 4 nitrogen and oxygen atoms in total. The van der Waals surface area contributed by atoms with E-state index >= 15 is 0 Å². The number of carbonyl (C=O) groups is 1. The standard InChI is InChI=1S/C17H23FN2O2/c18-14-8-6-13(7-9-14)16-12-20(10-11-22-16)17(21)19-15-4-2-1-3-5-15/h6-9,15-16H,1-5,10-12H2,(H,19,21). The molecule has 120 valence electrons. The zero-order valence-corrected chi connectivity index (χ0v) is 12.8. The number of nitrogens with one attached hydrogen (secondary N) is 1. The molecule has 22 heavy (non-hydrogen) atoms. The van der Waals surface area contributed by atoms with E-state index in [0.29, 0.717) is 25.7 Å². The molecule has 1 aliphatic heterocycles. The molecule has 1 aliphatic carbocycles. The lowest BCUT2D eigenvalue weighted by Gasteiger charge is -2.34. The van der Waals surface area contributed by atoms with E-state index < -0.39 is 0 Å². The van der Waals surface area contributed by atoms with Crippen LogP contribution in [0.4, 0.5) is 9.18 Å². The van der Waals surface area contributed by atoms with Crippen LogP contribution in [0.25, 0.3) is 0 Å². The van der Waals surface area contributed by atoms with Gasteiger partial charge in [0.15, 0.2) is 0 Å². The highest BCUT2D eigenvalue weighted by atomic mass is 19.1. The normalized spacial score (nSPS) is 23.3. The Labute approximate surface area is 130 Å². The van der Waals surface area contributed by atoms with E-state index in [-0.39, 0.29) is 18.0 Å². The van der Waals surface area contributed by atoms with Crippen LogP contribution in [0.3, 0.4) is 0 Å². The largest absolute Gasteiger partial charge is 0.370 e. The molecule has 0 spiro atoms. The molecule has 1 unspecified atom stereocenters. The minimum atomic E-state index is -0.258. The van der Waals surface area contributed by atoms with Gasteiger partial charge < -0.3 is 15.0 Å². The van der Waals surface area contributed by atoms with Crippen molar-refractivity contribution in [3.8, 4) is 0 Å². The third kappa shape index (κ3) is 3.77. The minimum absolute atomic E-state index is 0.00214. The van der Waals surface area contributed by atoms with Gasteiger partial charge in [-0.2, -0.15) is 0 Å². The first-order chi connectivity index (χ1) is 10.7. The van der Waals surface area contributed by atoms with Gasteiger partial charge in [0, 0.05) is 12.6 Å². The Balaban J connectivity index is 1.57. The van der Waals surface area contributed by atoms with E-state index in [2.05, 4.69) is 5.32 Å². The number of rotatable bonds is 2. The molecule has 1 saturated heterocycles. The molecule has 1 saturated carbocycles. The number of amides is 2. The van der Waals surface area contributed by atoms with Crippen LogP contribution in [-0.2, 0) is 4.74 Å². The number of halogens is 1. The van der Waals surface area contributed by atoms with E-state index in [4.69, 9.17) is 4.74 Å². The zero-order chi connectivity index (χ0) is 15.4. The van der Waals surface area contributed by atoms with Crippen LogP contribution in [0.1, 0.15) is 43.8 Å². The van der Waals surface area contributed by atoms with Crippen molar-refractivity contribution in [2.75, 3.05) is 19.7 Å². The Kier molecular flexibility index (Phi) is 4.93. The van der Waals surface area contributed by atoms with E-state index in [1.54, 1.807) is 12.1 Å². The predicted molar refractivity (Wildman–Crippen MR) is 82.1 cm³/mol. The van der Waals surface area contributed by atoms with Gasteiger partial charge in [-0.1, -0.05) is 31.4 Å². The fourth-order valence-electron chi connectivity index (χ4n) is 3.23. The molecule has 0 radical (unpaired) electrons. The summed E-state index contributed by atoms with van der Waals surface area (Å²) >= 11 is 0. The van der Waals surface area contributed by atoms with Gasteiger partial charge in [0.2, 0.25) is 0 Å². The summed E-state index contributed by atoms with van der Waals surface area (Å²) in [5.74, 6) is -0.258. The summed E-state index contributed by atoms with van der Waals surface area (Å²) < 4.78 is 18.7. The van der Waals surface area contributed by atoms with Crippen molar-refractivity contribution >= 4 is 6.03 Å². The van der Waals surface area contributed by atoms with Crippen LogP contribution in [0, 0.1) is 5.82 Å². The lowest BCUT2D eigenvalue weighted by Crippen LogP contribution is -2.50. The summed E-state index contributed by atoms with van der Waals surface area (Å²) in [6.07, 6.45) is 5.66. The fourth-order valence-corrected chi connectivity index (χ4v) is 3.23. The van der Waals surface area contributed by atoms with Crippen LogP contribution in [0.15, 0.2) is 24.3 Å². The van der Waals surface area contributed by atoms with Gasteiger partial charge in [-0.25, -0.2) is 9.18 Å². The summed E-state index contributed by atoms with van der Waals surface area (Å²) in [6, 6.07) is 6.63. The van der Waals surface area contributed by atoms with Crippen molar-refractivity contribution < 1.29 is 13.9 Å². The van der Waals surface area contributed by atoms with Crippen LogP contribution < -0.4 is 5.32 Å². The van der Waals surface area contributed by atoms with Gasteiger partial charge >= 0.3 is 6.03 Å². The van der Waals surface area contributed by atoms with Crippen LogP contribution in [0.5, 0.6) is 0 Å². The smallest absolute Gasteiger partial charge is 0.317 e. The lowest BCUT2D eigenvalue weighted by molar-refractivity contribution is -0.0159. The molecule has 1 atom stereocenters. The quantitative estimate of drug-likeness (QED) is 0.911. The molecule has 2 amide bonds. The van der Waals surface area contributed by atoms with Crippen LogP contribution in [-0.4, -0.2) is 36.7 Å². The maximum atomic E-state index is 13.0. The number of hydrogen-bond donors (Lipinski definition) is 1. The molecule has 1 aromatic carbocycles. The molecule has 0 bridgehead atoms. The summed E-state index contributed by atoms with van der Waals surface area (Å²) in [5.41, 5.74) is 0.913. The first kappa shape index (κ1) is 15.3. The number of carbonyl (C=O) groups excluding carboxylic acids is 1. The molecule has 1 heterocycles. The van der Waals surface area contributed by atoms with Crippen molar-refractivity contribution in [1.29, 1.82) is 0 Å². The highest BCUT2D eigenvalue weighted by Crippen LogP contribution is 2.23. The van der Waals surface area contributed by atoms with Crippen molar-refractivity contribution in [3.63, 3.8) is 0 Å².